The van der Waals surface area contributed by atoms with Crippen molar-refractivity contribution >= 4 is 27.8 Å². The molecule has 2 fully saturated rings. The summed E-state index contributed by atoms with van der Waals surface area (Å²) in [5.74, 6) is -0.219. The Morgan fingerprint density at radius 2 is 1.66 bits per heavy atom. The van der Waals surface area contributed by atoms with Gasteiger partial charge in [0.1, 0.15) is 0 Å². The molecule has 178 valence electrons. The Balaban J connectivity index is 1.63. The van der Waals surface area contributed by atoms with Crippen molar-refractivity contribution in [2.24, 2.45) is 0 Å². The largest absolute Gasteiger partial charge is 0.336 e. The number of piperazine rings is 1. The Morgan fingerprint density at radius 1 is 1.03 bits per heavy atom. The number of nitrogens with zero attached hydrogens (tertiary/aromatic N) is 3. The maximum Gasteiger partial charge on any atom is 0.319 e. The summed E-state index contributed by atoms with van der Waals surface area (Å²) in [6.45, 7) is 4.85. The van der Waals surface area contributed by atoms with Crippen molar-refractivity contribution in [3.05, 3.63) is 29.8 Å². The fourth-order valence-corrected chi connectivity index (χ4v) is 5.88. The van der Waals surface area contributed by atoms with E-state index in [1.165, 1.54) is 15.0 Å². The van der Waals surface area contributed by atoms with Crippen LogP contribution in [0, 0.1) is 0 Å². The van der Waals surface area contributed by atoms with Crippen LogP contribution in [0.4, 0.5) is 10.5 Å². The van der Waals surface area contributed by atoms with Crippen LogP contribution >= 0.6 is 0 Å². The van der Waals surface area contributed by atoms with Crippen LogP contribution in [0.2, 0.25) is 0 Å². The highest BCUT2D eigenvalue weighted by Crippen LogP contribution is 2.25. The lowest BCUT2D eigenvalue weighted by Crippen LogP contribution is -2.55. The zero-order valence-corrected chi connectivity index (χ0v) is 20.0. The van der Waals surface area contributed by atoms with E-state index in [1.807, 2.05) is 13.8 Å². The van der Waals surface area contributed by atoms with Gasteiger partial charge in [-0.3, -0.25) is 4.79 Å². The van der Waals surface area contributed by atoms with Gasteiger partial charge in [-0.15, -0.1) is 0 Å². The van der Waals surface area contributed by atoms with Crippen LogP contribution in [0.5, 0.6) is 0 Å². The summed E-state index contributed by atoms with van der Waals surface area (Å²) < 4.78 is 29.2. The van der Waals surface area contributed by atoms with Gasteiger partial charge in [0.05, 0.1) is 11.3 Å². The van der Waals surface area contributed by atoms with Crippen LogP contribution in [0.15, 0.2) is 24.3 Å². The third kappa shape index (κ3) is 5.79. The Labute approximate surface area is 191 Å². The topological polar surface area (TPSA) is 102 Å². The Hall–Kier alpha value is -2.17. The van der Waals surface area contributed by atoms with Crippen LogP contribution in [0.25, 0.3) is 0 Å². The third-order valence-electron chi connectivity index (χ3n) is 6.13. The van der Waals surface area contributed by atoms with Crippen LogP contribution < -0.4 is 10.6 Å². The molecule has 32 heavy (non-hydrogen) atoms. The van der Waals surface area contributed by atoms with E-state index in [-0.39, 0.29) is 37.1 Å². The minimum Gasteiger partial charge on any atom is -0.336 e. The quantitative estimate of drug-likeness (QED) is 0.674. The molecule has 1 saturated heterocycles. The molecule has 1 heterocycles. The number of amides is 3. The predicted molar refractivity (Wildman–Crippen MR) is 125 cm³/mol. The molecule has 1 aliphatic heterocycles. The smallest absolute Gasteiger partial charge is 0.319 e. The van der Waals surface area contributed by atoms with E-state index in [1.54, 1.807) is 36.2 Å². The SMILES string of the molecule is CC(C)NC(=O)Nc1ccccc1C(=O)N1CCN(S(=O)(=O)N(C)C2CCCCC2)CC1. The fourth-order valence-electron chi connectivity index (χ4n) is 4.31. The molecule has 1 aliphatic carbocycles. The van der Waals surface area contributed by atoms with E-state index in [4.69, 9.17) is 0 Å². The number of anilines is 1. The van der Waals surface area contributed by atoms with Gasteiger partial charge < -0.3 is 15.5 Å². The van der Waals surface area contributed by atoms with Crippen molar-refractivity contribution in [3.8, 4) is 0 Å². The van der Waals surface area contributed by atoms with Crippen molar-refractivity contribution in [1.82, 2.24) is 18.8 Å². The summed E-state index contributed by atoms with van der Waals surface area (Å²) in [6.07, 6.45) is 5.11. The highest BCUT2D eigenvalue weighted by molar-refractivity contribution is 7.86. The first kappa shape index (κ1) is 24.5. The number of hydrogen-bond donors (Lipinski definition) is 2. The number of hydrogen-bond acceptors (Lipinski definition) is 4. The Bertz CT molecular complexity index is 907. The first-order valence-electron chi connectivity index (χ1n) is 11.4. The normalized spacial score (nSPS) is 18.7. The number of carbonyl (C=O) groups is 2. The number of urea groups is 1. The van der Waals surface area contributed by atoms with Gasteiger partial charge in [-0.1, -0.05) is 31.4 Å². The summed E-state index contributed by atoms with van der Waals surface area (Å²) in [4.78, 5) is 26.9. The molecular weight excluding hydrogens is 430 g/mol. The van der Waals surface area contributed by atoms with E-state index < -0.39 is 10.2 Å². The van der Waals surface area contributed by atoms with Crippen molar-refractivity contribution in [3.63, 3.8) is 0 Å². The van der Waals surface area contributed by atoms with E-state index in [0.717, 1.165) is 25.7 Å². The number of rotatable bonds is 6. The van der Waals surface area contributed by atoms with Gasteiger partial charge in [-0.25, -0.2) is 4.79 Å². The molecule has 0 atom stereocenters. The summed E-state index contributed by atoms with van der Waals surface area (Å²) in [5, 5.41) is 5.48. The van der Waals surface area contributed by atoms with E-state index in [0.29, 0.717) is 24.3 Å². The molecule has 1 aromatic rings. The van der Waals surface area contributed by atoms with Crippen LogP contribution in [-0.4, -0.2) is 79.2 Å². The zero-order valence-electron chi connectivity index (χ0n) is 19.2. The Kier molecular flexibility index (Phi) is 8.13. The maximum atomic E-state index is 13.1. The lowest BCUT2D eigenvalue weighted by atomic mass is 9.96. The third-order valence-corrected chi connectivity index (χ3v) is 8.17. The molecule has 1 saturated carbocycles. The standard InChI is InChI=1S/C22H35N5O4S/c1-17(2)23-22(29)24-20-12-8-7-11-19(20)21(28)26-13-15-27(16-14-26)32(30,31)25(3)18-9-5-4-6-10-18/h7-8,11-12,17-18H,4-6,9-10,13-16H2,1-3H3,(H2,23,24,29). The van der Waals surface area contributed by atoms with Gasteiger partial charge in [0, 0.05) is 45.3 Å². The molecule has 0 aromatic heterocycles. The molecule has 9 nitrogen and oxygen atoms in total. The van der Waals surface area contributed by atoms with Crippen molar-refractivity contribution in [2.75, 3.05) is 38.5 Å². The summed E-state index contributed by atoms with van der Waals surface area (Å²) in [5.41, 5.74) is 0.824. The number of para-hydroxylation sites is 1. The minimum absolute atomic E-state index is 0.0281. The average molecular weight is 466 g/mol. The molecule has 0 spiro atoms. The molecule has 0 bridgehead atoms. The Morgan fingerprint density at radius 3 is 2.28 bits per heavy atom. The van der Waals surface area contributed by atoms with Crippen LogP contribution in [0.1, 0.15) is 56.3 Å². The molecule has 2 N–H and O–H groups in total. The second-order valence-corrected chi connectivity index (χ2v) is 10.8. The number of benzene rings is 1. The van der Waals surface area contributed by atoms with E-state index >= 15 is 0 Å². The highest BCUT2D eigenvalue weighted by Gasteiger charge is 2.35. The monoisotopic (exact) mass is 465 g/mol. The first-order chi connectivity index (χ1) is 15.2. The van der Waals surface area contributed by atoms with Gasteiger partial charge in [-0.05, 0) is 38.8 Å². The van der Waals surface area contributed by atoms with Crippen molar-refractivity contribution in [1.29, 1.82) is 0 Å². The molecule has 2 aliphatic rings. The number of carbonyl (C=O) groups excluding carboxylic acids is 2. The molecule has 0 unspecified atom stereocenters. The number of nitrogens with one attached hydrogen (secondary N) is 2. The lowest BCUT2D eigenvalue weighted by molar-refractivity contribution is 0.0694. The molecule has 3 amide bonds. The maximum absolute atomic E-state index is 13.1. The van der Waals surface area contributed by atoms with E-state index in [2.05, 4.69) is 10.6 Å². The second-order valence-electron chi connectivity index (χ2n) is 8.81. The first-order valence-corrected chi connectivity index (χ1v) is 12.8. The van der Waals surface area contributed by atoms with Crippen molar-refractivity contribution < 1.29 is 18.0 Å². The fraction of sp³-hybridized carbons (Fsp3) is 0.636. The molecule has 10 heteroatoms. The van der Waals surface area contributed by atoms with Gasteiger partial charge in [-0.2, -0.15) is 17.0 Å². The van der Waals surface area contributed by atoms with Crippen LogP contribution in [0.3, 0.4) is 0 Å². The second kappa shape index (κ2) is 10.6. The van der Waals surface area contributed by atoms with Gasteiger partial charge in [0.15, 0.2) is 0 Å². The van der Waals surface area contributed by atoms with Gasteiger partial charge in [0.2, 0.25) is 0 Å². The summed E-state index contributed by atoms with van der Waals surface area (Å²) in [6, 6.07) is 6.52. The summed E-state index contributed by atoms with van der Waals surface area (Å²) >= 11 is 0. The van der Waals surface area contributed by atoms with Crippen LogP contribution in [-0.2, 0) is 10.2 Å². The lowest BCUT2D eigenvalue weighted by Gasteiger charge is -2.38. The van der Waals surface area contributed by atoms with Crippen molar-refractivity contribution in [2.45, 2.75) is 58.0 Å². The average Bonchev–Trinajstić information content (AvgIpc) is 2.78. The molecular formula is C22H35N5O4S. The van der Waals surface area contributed by atoms with E-state index in [9.17, 15) is 18.0 Å². The minimum atomic E-state index is -3.55. The molecule has 0 radical (unpaired) electrons. The molecule has 3 rings (SSSR count). The zero-order chi connectivity index (χ0) is 23.3. The predicted octanol–water partition coefficient (Wildman–Crippen LogP) is 2.48. The highest BCUT2D eigenvalue weighted by atomic mass is 32.2. The summed E-state index contributed by atoms with van der Waals surface area (Å²) in [7, 11) is -1.87. The molecule has 1 aromatic carbocycles. The van der Waals surface area contributed by atoms with Gasteiger partial charge in [0.25, 0.3) is 16.1 Å². The van der Waals surface area contributed by atoms with Gasteiger partial charge >= 0.3 is 6.03 Å².